The fraction of sp³-hybridized carbons (Fsp3) is 0.700. The van der Waals surface area contributed by atoms with Gasteiger partial charge >= 0.3 is 0 Å². The zero-order valence-electron chi connectivity index (χ0n) is 7.38. The molecule has 1 spiro atoms. The monoisotopic (exact) mass is 166 g/mol. The molecule has 0 N–H and O–H groups in total. The van der Waals surface area contributed by atoms with E-state index in [4.69, 9.17) is 4.74 Å². The zero-order chi connectivity index (χ0) is 8.60. The third-order valence-electron chi connectivity index (χ3n) is 2.92. The van der Waals surface area contributed by atoms with Gasteiger partial charge in [-0.05, 0) is 25.2 Å². The van der Waals surface area contributed by atoms with E-state index >= 15 is 0 Å². The second-order valence-electron chi connectivity index (χ2n) is 3.98. The minimum atomic E-state index is -0.447. The highest BCUT2D eigenvalue weighted by Gasteiger charge is 2.44. The molecule has 1 aliphatic heterocycles. The molecule has 2 heteroatoms. The van der Waals surface area contributed by atoms with Crippen molar-refractivity contribution in [1.29, 1.82) is 0 Å². The fourth-order valence-electron chi connectivity index (χ4n) is 2.27. The lowest BCUT2D eigenvalue weighted by Gasteiger charge is -2.34. The zero-order valence-corrected chi connectivity index (χ0v) is 7.38. The van der Waals surface area contributed by atoms with Gasteiger partial charge in [0.25, 0.3) is 0 Å². The molecule has 0 amide bonds. The summed E-state index contributed by atoms with van der Waals surface area (Å²) in [6, 6.07) is 0. The Hall–Kier alpha value is -0.790. The van der Waals surface area contributed by atoms with Gasteiger partial charge in [0.05, 0.1) is 6.26 Å². The third-order valence-corrected chi connectivity index (χ3v) is 2.92. The molecule has 1 saturated carbocycles. The summed E-state index contributed by atoms with van der Waals surface area (Å²) in [5, 5.41) is 0. The second kappa shape index (κ2) is 2.61. The largest absolute Gasteiger partial charge is 0.487 e. The van der Waals surface area contributed by atoms with E-state index in [1.54, 1.807) is 12.3 Å². The van der Waals surface area contributed by atoms with Crippen LogP contribution in [-0.4, -0.2) is 11.4 Å². The second-order valence-corrected chi connectivity index (χ2v) is 3.98. The summed E-state index contributed by atoms with van der Waals surface area (Å²) in [6.07, 6.45) is 7.29. The van der Waals surface area contributed by atoms with Gasteiger partial charge in [0.15, 0.2) is 5.60 Å². The average Bonchev–Trinajstić information content (AvgIpc) is 2.33. The molecular formula is C10H14O2. The van der Waals surface area contributed by atoms with Crippen LogP contribution in [0.2, 0.25) is 0 Å². The van der Waals surface area contributed by atoms with Crippen molar-refractivity contribution in [2.24, 2.45) is 5.92 Å². The lowest BCUT2D eigenvalue weighted by Crippen LogP contribution is -2.40. The van der Waals surface area contributed by atoms with E-state index in [0.29, 0.717) is 5.92 Å². The van der Waals surface area contributed by atoms with Crippen molar-refractivity contribution >= 4 is 5.78 Å². The molecule has 1 heterocycles. The standard InChI is InChI=1S/C10H14O2/c1-8-3-2-5-10(7-8)9(11)4-6-12-10/h4,6,8H,2-3,5,7H2,1H3. The lowest BCUT2D eigenvalue weighted by atomic mass is 9.77. The van der Waals surface area contributed by atoms with Gasteiger partial charge in [0, 0.05) is 6.08 Å². The van der Waals surface area contributed by atoms with Gasteiger partial charge in [0.1, 0.15) is 0 Å². The predicted octanol–water partition coefficient (Wildman–Crippen LogP) is 2.05. The third kappa shape index (κ3) is 1.06. The average molecular weight is 166 g/mol. The SMILES string of the molecule is CC1CCCC2(C1)OC=CC2=O. The van der Waals surface area contributed by atoms with Crippen LogP contribution in [0.15, 0.2) is 12.3 Å². The summed E-state index contributed by atoms with van der Waals surface area (Å²) in [5.41, 5.74) is -0.447. The highest BCUT2D eigenvalue weighted by molar-refractivity contribution is 5.98. The van der Waals surface area contributed by atoms with Crippen molar-refractivity contribution in [2.75, 3.05) is 0 Å². The van der Waals surface area contributed by atoms with E-state index in [0.717, 1.165) is 19.3 Å². The maximum absolute atomic E-state index is 11.5. The van der Waals surface area contributed by atoms with Crippen molar-refractivity contribution in [3.63, 3.8) is 0 Å². The van der Waals surface area contributed by atoms with Crippen molar-refractivity contribution in [1.82, 2.24) is 0 Å². The number of hydrogen-bond acceptors (Lipinski definition) is 2. The Balaban J connectivity index is 2.15. The molecule has 0 bridgehead atoms. The summed E-state index contributed by atoms with van der Waals surface area (Å²) in [6.45, 7) is 2.19. The number of carbonyl (C=O) groups is 1. The van der Waals surface area contributed by atoms with Gasteiger partial charge in [-0.1, -0.05) is 13.3 Å². The summed E-state index contributed by atoms with van der Waals surface area (Å²) >= 11 is 0. The van der Waals surface area contributed by atoms with E-state index in [1.165, 1.54) is 6.42 Å². The van der Waals surface area contributed by atoms with Gasteiger partial charge in [-0.3, -0.25) is 4.79 Å². The normalized spacial score (nSPS) is 40.4. The molecule has 2 nitrogen and oxygen atoms in total. The fourth-order valence-corrected chi connectivity index (χ4v) is 2.27. The maximum Gasteiger partial charge on any atom is 0.202 e. The molecule has 0 aromatic rings. The maximum atomic E-state index is 11.5. The Bertz CT molecular complexity index is 232. The first-order valence-corrected chi connectivity index (χ1v) is 4.62. The predicted molar refractivity (Wildman–Crippen MR) is 45.6 cm³/mol. The van der Waals surface area contributed by atoms with Gasteiger partial charge in [-0.2, -0.15) is 0 Å². The van der Waals surface area contributed by atoms with Crippen molar-refractivity contribution in [3.8, 4) is 0 Å². The molecular weight excluding hydrogens is 152 g/mol. The van der Waals surface area contributed by atoms with E-state index in [9.17, 15) is 4.79 Å². The highest BCUT2D eigenvalue weighted by Crippen LogP contribution is 2.38. The molecule has 2 atom stereocenters. The van der Waals surface area contributed by atoms with Gasteiger partial charge in [-0.25, -0.2) is 0 Å². The molecule has 2 rings (SSSR count). The Kier molecular flexibility index (Phi) is 1.71. The van der Waals surface area contributed by atoms with Crippen LogP contribution in [0.4, 0.5) is 0 Å². The van der Waals surface area contributed by atoms with Crippen molar-refractivity contribution < 1.29 is 9.53 Å². The van der Waals surface area contributed by atoms with Gasteiger partial charge in [-0.15, -0.1) is 0 Å². The van der Waals surface area contributed by atoms with Gasteiger partial charge < -0.3 is 4.74 Å². The Labute approximate surface area is 72.6 Å². The molecule has 66 valence electrons. The van der Waals surface area contributed by atoms with Crippen LogP contribution >= 0.6 is 0 Å². The molecule has 0 aromatic carbocycles. The first-order chi connectivity index (χ1) is 5.73. The van der Waals surface area contributed by atoms with Crippen LogP contribution in [0.25, 0.3) is 0 Å². The first-order valence-electron chi connectivity index (χ1n) is 4.62. The van der Waals surface area contributed by atoms with Crippen LogP contribution in [0.5, 0.6) is 0 Å². The van der Waals surface area contributed by atoms with Crippen molar-refractivity contribution in [2.45, 2.75) is 38.2 Å². The molecule has 0 aromatic heterocycles. The van der Waals surface area contributed by atoms with E-state index in [2.05, 4.69) is 6.92 Å². The number of rotatable bonds is 0. The van der Waals surface area contributed by atoms with Crippen molar-refractivity contribution in [3.05, 3.63) is 12.3 Å². The Morgan fingerprint density at radius 1 is 1.67 bits per heavy atom. The highest BCUT2D eigenvalue weighted by atomic mass is 16.5. The smallest absolute Gasteiger partial charge is 0.202 e. The molecule has 12 heavy (non-hydrogen) atoms. The van der Waals surface area contributed by atoms with Crippen LogP contribution in [0.1, 0.15) is 32.6 Å². The first kappa shape index (κ1) is 7.84. The van der Waals surface area contributed by atoms with Crippen LogP contribution in [-0.2, 0) is 9.53 Å². The molecule has 0 saturated heterocycles. The summed E-state index contributed by atoms with van der Waals surface area (Å²) in [7, 11) is 0. The topological polar surface area (TPSA) is 26.3 Å². The van der Waals surface area contributed by atoms with Gasteiger partial charge in [0.2, 0.25) is 5.78 Å². The summed E-state index contributed by atoms with van der Waals surface area (Å²) in [5.74, 6) is 0.802. The van der Waals surface area contributed by atoms with Crippen LogP contribution < -0.4 is 0 Å². The van der Waals surface area contributed by atoms with Crippen LogP contribution in [0.3, 0.4) is 0 Å². The van der Waals surface area contributed by atoms with E-state index in [1.807, 2.05) is 0 Å². The number of carbonyl (C=O) groups excluding carboxylic acids is 1. The molecule has 1 aliphatic carbocycles. The van der Waals surface area contributed by atoms with E-state index < -0.39 is 5.60 Å². The Morgan fingerprint density at radius 3 is 3.08 bits per heavy atom. The number of ketones is 1. The number of ether oxygens (including phenoxy) is 1. The Morgan fingerprint density at radius 2 is 2.50 bits per heavy atom. The quantitative estimate of drug-likeness (QED) is 0.550. The van der Waals surface area contributed by atoms with E-state index in [-0.39, 0.29) is 5.78 Å². The number of hydrogen-bond donors (Lipinski definition) is 0. The molecule has 2 aliphatic rings. The lowest BCUT2D eigenvalue weighted by molar-refractivity contribution is -0.133. The molecule has 1 fully saturated rings. The minimum absolute atomic E-state index is 0.175. The minimum Gasteiger partial charge on any atom is -0.487 e. The molecule has 0 radical (unpaired) electrons. The van der Waals surface area contributed by atoms with Crippen LogP contribution in [0, 0.1) is 5.92 Å². The summed E-state index contributed by atoms with van der Waals surface area (Å²) in [4.78, 5) is 11.5. The summed E-state index contributed by atoms with van der Waals surface area (Å²) < 4.78 is 5.43. The molecule has 2 unspecified atom stereocenters.